The Bertz CT molecular complexity index is 854. The number of likely N-dealkylation sites (tertiary alicyclic amines) is 1. The van der Waals surface area contributed by atoms with E-state index in [1.165, 1.54) is 36.1 Å². The van der Waals surface area contributed by atoms with Crippen molar-refractivity contribution >= 4 is 17.2 Å². The largest absolute Gasteiger partial charge is 0.328 e. The molecule has 5 nitrogen and oxygen atoms in total. The van der Waals surface area contributed by atoms with Crippen LogP contribution in [0.1, 0.15) is 83.3 Å². The SMILES string of the molecule is C[C@@H]1CCc2sc(C(=O)N3CCC[C@@H]3c3nnc4n3CCCCC4)cc2C1. The fourth-order valence-corrected chi connectivity index (χ4v) is 6.15. The van der Waals surface area contributed by atoms with Crippen molar-refractivity contribution in [2.24, 2.45) is 5.92 Å². The first-order valence-corrected chi connectivity index (χ1v) is 11.4. The van der Waals surface area contributed by atoms with E-state index >= 15 is 0 Å². The lowest BCUT2D eigenvalue weighted by molar-refractivity contribution is 0.0732. The van der Waals surface area contributed by atoms with Crippen molar-refractivity contribution in [1.29, 1.82) is 0 Å². The van der Waals surface area contributed by atoms with Gasteiger partial charge in [-0.1, -0.05) is 13.3 Å². The highest BCUT2D eigenvalue weighted by Gasteiger charge is 2.36. The van der Waals surface area contributed by atoms with Gasteiger partial charge in [-0.05, 0) is 62.5 Å². The Balaban J connectivity index is 1.42. The van der Waals surface area contributed by atoms with Crippen molar-refractivity contribution in [1.82, 2.24) is 19.7 Å². The second-order valence-electron chi connectivity index (χ2n) is 8.50. The predicted octanol–water partition coefficient (Wildman–Crippen LogP) is 4.17. The standard InChI is InChI=1S/C21H28N4OS/c1-14-8-9-17-15(12-14)13-18(27-17)21(26)24-11-5-6-16(24)20-23-22-19-7-3-2-4-10-25(19)20/h13-14,16H,2-12H2,1H3/t14-,16-/m1/s1. The van der Waals surface area contributed by atoms with Gasteiger partial charge in [0.2, 0.25) is 0 Å². The van der Waals surface area contributed by atoms with Crippen molar-refractivity contribution in [3.8, 4) is 0 Å². The van der Waals surface area contributed by atoms with E-state index in [0.717, 1.165) is 67.6 Å². The molecule has 27 heavy (non-hydrogen) atoms. The van der Waals surface area contributed by atoms with Crippen molar-refractivity contribution in [3.05, 3.63) is 33.0 Å². The van der Waals surface area contributed by atoms with Crippen LogP contribution in [0, 0.1) is 5.92 Å². The molecule has 2 aromatic rings. The predicted molar refractivity (Wildman–Crippen MR) is 106 cm³/mol. The van der Waals surface area contributed by atoms with Crippen molar-refractivity contribution < 1.29 is 4.79 Å². The molecule has 0 aromatic carbocycles. The van der Waals surface area contributed by atoms with Crippen LogP contribution in [-0.2, 0) is 25.8 Å². The van der Waals surface area contributed by atoms with Crippen LogP contribution in [0.2, 0.25) is 0 Å². The minimum absolute atomic E-state index is 0.0925. The minimum Gasteiger partial charge on any atom is -0.328 e. The van der Waals surface area contributed by atoms with Gasteiger partial charge in [-0.3, -0.25) is 4.79 Å². The first-order valence-electron chi connectivity index (χ1n) is 10.5. The lowest BCUT2D eigenvalue weighted by Gasteiger charge is -2.24. The monoisotopic (exact) mass is 384 g/mol. The quantitative estimate of drug-likeness (QED) is 0.781. The molecule has 1 amide bonds. The van der Waals surface area contributed by atoms with Gasteiger partial charge in [0, 0.05) is 24.4 Å². The van der Waals surface area contributed by atoms with Gasteiger partial charge in [0.05, 0.1) is 10.9 Å². The molecule has 2 aliphatic heterocycles. The van der Waals surface area contributed by atoms with E-state index in [0.29, 0.717) is 0 Å². The van der Waals surface area contributed by atoms with Crippen LogP contribution >= 0.6 is 11.3 Å². The molecule has 144 valence electrons. The minimum atomic E-state index is 0.0925. The Morgan fingerprint density at radius 3 is 2.96 bits per heavy atom. The summed E-state index contributed by atoms with van der Waals surface area (Å²) < 4.78 is 2.31. The first kappa shape index (κ1) is 17.4. The zero-order valence-corrected chi connectivity index (χ0v) is 16.9. The summed E-state index contributed by atoms with van der Waals surface area (Å²) >= 11 is 1.73. The third kappa shape index (κ3) is 3.12. The lowest BCUT2D eigenvalue weighted by Crippen LogP contribution is -2.31. The number of hydrogen-bond donors (Lipinski definition) is 0. The number of hydrogen-bond acceptors (Lipinski definition) is 4. The van der Waals surface area contributed by atoms with E-state index in [9.17, 15) is 4.79 Å². The highest BCUT2D eigenvalue weighted by Crippen LogP contribution is 2.37. The molecule has 1 aliphatic carbocycles. The molecule has 2 atom stereocenters. The van der Waals surface area contributed by atoms with E-state index in [1.807, 2.05) is 0 Å². The summed E-state index contributed by atoms with van der Waals surface area (Å²) in [7, 11) is 0. The summed E-state index contributed by atoms with van der Waals surface area (Å²) in [5, 5.41) is 9.01. The molecule has 0 saturated carbocycles. The summed E-state index contributed by atoms with van der Waals surface area (Å²) in [6.07, 6.45) is 10.2. The molecular formula is C21H28N4OS. The number of aromatic nitrogens is 3. The van der Waals surface area contributed by atoms with Crippen LogP contribution in [-0.4, -0.2) is 32.1 Å². The Hall–Kier alpha value is -1.69. The Morgan fingerprint density at radius 2 is 2.04 bits per heavy atom. The number of carbonyl (C=O) groups is 1. The second kappa shape index (κ2) is 7.04. The van der Waals surface area contributed by atoms with E-state index in [2.05, 4.69) is 32.7 Å². The van der Waals surface area contributed by atoms with Crippen LogP contribution in [0.4, 0.5) is 0 Å². The van der Waals surface area contributed by atoms with Crippen molar-refractivity contribution in [2.45, 2.75) is 77.3 Å². The van der Waals surface area contributed by atoms with Gasteiger partial charge in [-0.15, -0.1) is 21.5 Å². The molecule has 3 aliphatic rings. The third-order valence-corrected chi connectivity index (χ3v) is 7.71. The van der Waals surface area contributed by atoms with E-state index < -0.39 is 0 Å². The van der Waals surface area contributed by atoms with Crippen LogP contribution in [0.25, 0.3) is 0 Å². The fraction of sp³-hybridized carbons (Fsp3) is 0.667. The zero-order valence-electron chi connectivity index (χ0n) is 16.1. The van der Waals surface area contributed by atoms with Crippen molar-refractivity contribution in [2.75, 3.05) is 6.54 Å². The molecule has 0 radical (unpaired) electrons. The molecule has 1 fully saturated rings. The van der Waals surface area contributed by atoms with Gasteiger partial charge >= 0.3 is 0 Å². The van der Waals surface area contributed by atoms with Gasteiger partial charge in [0.15, 0.2) is 5.82 Å². The second-order valence-corrected chi connectivity index (χ2v) is 9.64. The summed E-state index contributed by atoms with van der Waals surface area (Å²) in [5.41, 5.74) is 1.41. The summed E-state index contributed by atoms with van der Waals surface area (Å²) in [6, 6.07) is 2.27. The van der Waals surface area contributed by atoms with Crippen LogP contribution < -0.4 is 0 Å². The van der Waals surface area contributed by atoms with Crippen LogP contribution in [0.5, 0.6) is 0 Å². The summed E-state index contributed by atoms with van der Waals surface area (Å²) in [4.78, 5) is 17.8. The zero-order chi connectivity index (χ0) is 18.4. The molecule has 2 aromatic heterocycles. The molecule has 0 N–H and O–H groups in total. The van der Waals surface area contributed by atoms with E-state index in [-0.39, 0.29) is 11.9 Å². The Kier molecular flexibility index (Phi) is 4.54. The van der Waals surface area contributed by atoms with Gasteiger partial charge in [-0.2, -0.15) is 0 Å². The topological polar surface area (TPSA) is 51.0 Å². The molecule has 0 spiro atoms. The number of thiophene rings is 1. The van der Waals surface area contributed by atoms with E-state index in [1.54, 1.807) is 11.3 Å². The van der Waals surface area contributed by atoms with Crippen LogP contribution in [0.3, 0.4) is 0 Å². The summed E-state index contributed by atoms with van der Waals surface area (Å²) in [6.45, 7) is 4.15. The number of carbonyl (C=O) groups excluding carboxylic acids is 1. The smallest absolute Gasteiger partial charge is 0.264 e. The number of aryl methyl sites for hydroxylation is 2. The third-order valence-electron chi connectivity index (χ3n) is 6.49. The first-order chi connectivity index (χ1) is 13.2. The average Bonchev–Trinajstić information content (AvgIpc) is 3.35. The summed E-state index contributed by atoms with van der Waals surface area (Å²) in [5.74, 6) is 3.08. The van der Waals surface area contributed by atoms with Crippen LogP contribution in [0.15, 0.2) is 6.07 Å². The maximum absolute atomic E-state index is 13.4. The highest BCUT2D eigenvalue weighted by molar-refractivity contribution is 7.14. The van der Waals surface area contributed by atoms with Crippen molar-refractivity contribution in [3.63, 3.8) is 0 Å². The van der Waals surface area contributed by atoms with Gasteiger partial charge in [-0.25, -0.2) is 0 Å². The molecule has 6 heteroatoms. The van der Waals surface area contributed by atoms with Gasteiger partial charge in [0.25, 0.3) is 5.91 Å². The highest BCUT2D eigenvalue weighted by atomic mass is 32.1. The Labute approximate surface area is 164 Å². The maximum atomic E-state index is 13.4. The van der Waals surface area contributed by atoms with E-state index in [4.69, 9.17) is 0 Å². The molecule has 5 rings (SSSR count). The number of amides is 1. The normalized spacial score (nSPS) is 25.1. The Morgan fingerprint density at radius 1 is 1.11 bits per heavy atom. The average molecular weight is 385 g/mol. The maximum Gasteiger partial charge on any atom is 0.264 e. The molecule has 4 heterocycles. The van der Waals surface area contributed by atoms with Gasteiger partial charge in [0.1, 0.15) is 5.82 Å². The molecular weight excluding hydrogens is 356 g/mol. The number of nitrogens with zero attached hydrogens (tertiary/aromatic N) is 4. The number of fused-ring (bicyclic) bond motifs is 2. The molecule has 1 saturated heterocycles. The van der Waals surface area contributed by atoms with Gasteiger partial charge < -0.3 is 9.47 Å². The number of rotatable bonds is 2. The fourth-order valence-electron chi connectivity index (χ4n) is 4.98. The molecule has 0 bridgehead atoms. The molecule has 0 unspecified atom stereocenters. The lowest BCUT2D eigenvalue weighted by atomic mass is 9.90.